The maximum absolute atomic E-state index is 12.5. The second kappa shape index (κ2) is 8.97. The van der Waals surface area contributed by atoms with Gasteiger partial charge in [-0.3, -0.25) is 9.59 Å². The lowest BCUT2D eigenvalue weighted by Gasteiger charge is -2.06. The van der Waals surface area contributed by atoms with Crippen molar-refractivity contribution in [2.24, 2.45) is 4.99 Å². The van der Waals surface area contributed by atoms with Crippen LogP contribution in [0.3, 0.4) is 0 Å². The van der Waals surface area contributed by atoms with Crippen molar-refractivity contribution in [3.63, 3.8) is 0 Å². The van der Waals surface area contributed by atoms with Gasteiger partial charge in [0.15, 0.2) is 10.5 Å². The third kappa shape index (κ3) is 4.56. The number of hydrogen-bond acceptors (Lipinski definition) is 6. The normalized spacial score (nSPS) is 11.9. The van der Waals surface area contributed by atoms with Crippen LogP contribution >= 0.6 is 11.3 Å². The number of fused-ring (bicyclic) bond motifs is 1. The summed E-state index contributed by atoms with van der Waals surface area (Å²) in [4.78, 5) is 29.2. The van der Waals surface area contributed by atoms with E-state index in [0.717, 1.165) is 29.5 Å². The summed E-state index contributed by atoms with van der Waals surface area (Å²) in [6.07, 6.45) is 3.23. The number of carbonyl (C=O) groups is 2. The Kier molecular flexibility index (Phi) is 6.41. The molecule has 0 aliphatic rings. The first-order valence-corrected chi connectivity index (χ1v) is 10.1. The molecular weight excluding hydrogens is 378 g/mol. The van der Waals surface area contributed by atoms with Crippen LogP contribution in [0, 0.1) is 6.92 Å². The molecule has 0 atom stereocenters. The average molecular weight is 401 g/mol. The Morgan fingerprint density at radius 2 is 2.11 bits per heavy atom. The van der Waals surface area contributed by atoms with Crippen LogP contribution in [0.25, 0.3) is 10.2 Å². The number of rotatable bonds is 7. The summed E-state index contributed by atoms with van der Waals surface area (Å²) in [6, 6.07) is 7.66. The molecule has 8 heteroatoms. The van der Waals surface area contributed by atoms with E-state index in [1.54, 1.807) is 18.4 Å². The maximum atomic E-state index is 12.5. The number of benzene rings is 1. The molecule has 0 fully saturated rings. The zero-order valence-electron chi connectivity index (χ0n) is 16.2. The second-order valence-corrected chi connectivity index (χ2v) is 7.43. The van der Waals surface area contributed by atoms with Crippen molar-refractivity contribution in [1.29, 1.82) is 0 Å². The molecular formula is C20H23N3O4S. The Morgan fingerprint density at radius 3 is 2.79 bits per heavy atom. The van der Waals surface area contributed by atoms with Gasteiger partial charge in [0.1, 0.15) is 12.3 Å². The number of thiazole rings is 1. The highest BCUT2D eigenvalue weighted by Crippen LogP contribution is 2.21. The summed E-state index contributed by atoms with van der Waals surface area (Å²) >= 11 is 1.37. The van der Waals surface area contributed by atoms with Gasteiger partial charge in [-0.1, -0.05) is 35.9 Å². The van der Waals surface area contributed by atoms with E-state index in [0.29, 0.717) is 17.2 Å². The molecule has 2 heterocycles. The van der Waals surface area contributed by atoms with Gasteiger partial charge in [-0.25, -0.2) is 0 Å². The molecule has 0 aliphatic heterocycles. The Hall–Kier alpha value is -2.74. The van der Waals surface area contributed by atoms with Crippen LogP contribution in [-0.4, -0.2) is 28.2 Å². The second-order valence-electron chi connectivity index (χ2n) is 6.42. The van der Waals surface area contributed by atoms with Gasteiger partial charge in [0.05, 0.1) is 16.8 Å². The van der Waals surface area contributed by atoms with Crippen LogP contribution < -0.4 is 4.80 Å². The van der Waals surface area contributed by atoms with E-state index in [4.69, 9.17) is 9.26 Å². The Bertz CT molecular complexity index is 1060. The number of amides is 1. The highest BCUT2D eigenvalue weighted by molar-refractivity contribution is 7.16. The minimum Gasteiger partial charge on any atom is -0.465 e. The lowest BCUT2D eigenvalue weighted by Crippen LogP contribution is -2.23. The van der Waals surface area contributed by atoms with E-state index in [1.165, 1.54) is 23.0 Å². The molecule has 0 unspecified atom stereocenters. The molecule has 0 aliphatic carbocycles. The summed E-state index contributed by atoms with van der Waals surface area (Å²) in [6.45, 7) is 5.92. The molecule has 0 spiro atoms. The van der Waals surface area contributed by atoms with Gasteiger partial charge in [-0.15, -0.1) is 0 Å². The predicted molar refractivity (Wildman–Crippen MR) is 106 cm³/mol. The van der Waals surface area contributed by atoms with Crippen LogP contribution in [0.5, 0.6) is 0 Å². The molecule has 7 nitrogen and oxygen atoms in total. The number of nitrogens with zero attached hydrogens (tertiary/aromatic N) is 3. The number of esters is 1. The van der Waals surface area contributed by atoms with Gasteiger partial charge in [0.2, 0.25) is 0 Å². The molecule has 0 N–H and O–H groups in total. The van der Waals surface area contributed by atoms with Crippen LogP contribution in [0.2, 0.25) is 0 Å². The molecule has 148 valence electrons. The number of ether oxygens (including phenoxy) is 1. The van der Waals surface area contributed by atoms with Gasteiger partial charge in [0, 0.05) is 6.07 Å². The van der Waals surface area contributed by atoms with Crippen molar-refractivity contribution in [2.45, 2.75) is 46.6 Å². The summed E-state index contributed by atoms with van der Waals surface area (Å²) in [5.74, 6) is -0.342. The topological polar surface area (TPSA) is 86.7 Å². The minimum absolute atomic E-state index is 0.00783. The van der Waals surface area contributed by atoms with E-state index in [2.05, 4.69) is 29.2 Å². The standard InChI is InChI=1S/C20H23N3O4S/c1-4-6-7-14-8-9-16-17(11-14)28-20(23(16)12-18(24)26-5-2)21-19(25)15-10-13(3)27-22-15/h8-11H,4-7,12H2,1-3H3. The van der Waals surface area contributed by atoms with E-state index < -0.39 is 5.91 Å². The van der Waals surface area contributed by atoms with Gasteiger partial charge in [-0.05, 0) is 44.4 Å². The summed E-state index contributed by atoms with van der Waals surface area (Å²) in [5.41, 5.74) is 2.21. The quantitative estimate of drug-likeness (QED) is 0.564. The molecule has 0 radical (unpaired) electrons. The van der Waals surface area contributed by atoms with Crippen molar-refractivity contribution in [3.8, 4) is 0 Å². The number of carbonyl (C=O) groups excluding carboxylic acids is 2. The zero-order chi connectivity index (χ0) is 20.1. The zero-order valence-corrected chi connectivity index (χ0v) is 17.0. The smallest absolute Gasteiger partial charge is 0.326 e. The SMILES string of the molecule is CCCCc1ccc2c(c1)sc(=NC(=O)c1cc(C)on1)n2CC(=O)OCC. The highest BCUT2D eigenvalue weighted by atomic mass is 32.1. The molecule has 28 heavy (non-hydrogen) atoms. The lowest BCUT2D eigenvalue weighted by molar-refractivity contribution is -0.143. The van der Waals surface area contributed by atoms with Crippen molar-refractivity contribution >= 4 is 33.4 Å². The van der Waals surface area contributed by atoms with E-state index in [1.807, 2.05) is 6.07 Å². The molecule has 3 rings (SSSR count). The number of aryl methyl sites for hydroxylation is 2. The third-order valence-corrected chi connectivity index (χ3v) is 5.24. The molecule has 0 saturated carbocycles. The van der Waals surface area contributed by atoms with E-state index in [-0.39, 0.29) is 18.2 Å². The Balaban J connectivity index is 2.06. The fourth-order valence-corrected chi connectivity index (χ4v) is 3.93. The maximum Gasteiger partial charge on any atom is 0.326 e. The van der Waals surface area contributed by atoms with Crippen LogP contribution in [0.1, 0.15) is 48.5 Å². The first kappa shape index (κ1) is 20.0. The first-order chi connectivity index (χ1) is 13.5. The van der Waals surface area contributed by atoms with Crippen LogP contribution in [-0.2, 0) is 22.5 Å². The molecule has 0 bridgehead atoms. The lowest BCUT2D eigenvalue weighted by atomic mass is 10.1. The summed E-state index contributed by atoms with van der Waals surface area (Å²) in [5, 5.41) is 3.72. The molecule has 3 aromatic rings. The molecule has 1 amide bonds. The van der Waals surface area contributed by atoms with Crippen molar-refractivity contribution < 1.29 is 18.8 Å². The van der Waals surface area contributed by atoms with E-state index >= 15 is 0 Å². The first-order valence-electron chi connectivity index (χ1n) is 9.32. The number of unbranched alkanes of at least 4 members (excludes halogenated alkanes) is 1. The highest BCUT2D eigenvalue weighted by Gasteiger charge is 2.15. The van der Waals surface area contributed by atoms with Crippen LogP contribution in [0.4, 0.5) is 0 Å². The number of hydrogen-bond donors (Lipinski definition) is 0. The van der Waals surface area contributed by atoms with Gasteiger partial charge in [0.25, 0.3) is 0 Å². The molecule has 0 saturated heterocycles. The molecule has 1 aromatic carbocycles. The fraction of sp³-hybridized carbons (Fsp3) is 0.400. The fourth-order valence-electron chi connectivity index (χ4n) is 2.84. The Labute approximate surface area is 166 Å². The van der Waals surface area contributed by atoms with Gasteiger partial charge >= 0.3 is 11.9 Å². The largest absolute Gasteiger partial charge is 0.465 e. The van der Waals surface area contributed by atoms with E-state index in [9.17, 15) is 9.59 Å². The third-order valence-electron chi connectivity index (χ3n) is 4.20. The van der Waals surface area contributed by atoms with Gasteiger partial charge in [-0.2, -0.15) is 4.99 Å². The number of aromatic nitrogens is 2. The van der Waals surface area contributed by atoms with Crippen LogP contribution in [0.15, 0.2) is 33.8 Å². The summed E-state index contributed by atoms with van der Waals surface area (Å²) < 4.78 is 12.7. The van der Waals surface area contributed by atoms with Crippen molar-refractivity contribution in [1.82, 2.24) is 9.72 Å². The van der Waals surface area contributed by atoms with Crippen molar-refractivity contribution in [3.05, 3.63) is 46.1 Å². The predicted octanol–water partition coefficient (Wildman–Crippen LogP) is 3.65. The van der Waals surface area contributed by atoms with Gasteiger partial charge < -0.3 is 13.8 Å². The average Bonchev–Trinajstić information content (AvgIpc) is 3.24. The minimum atomic E-state index is -0.507. The Morgan fingerprint density at radius 1 is 1.29 bits per heavy atom. The monoisotopic (exact) mass is 401 g/mol. The van der Waals surface area contributed by atoms with Crippen molar-refractivity contribution in [2.75, 3.05) is 6.61 Å². The summed E-state index contributed by atoms with van der Waals surface area (Å²) in [7, 11) is 0. The molecule has 2 aromatic heterocycles.